The molecule has 6 nitrogen and oxygen atoms in total. The number of piperidine rings is 1. The number of anilines is 1. The Hall–Kier alpha value is -2.47. The van der Waals surface area contributed by atoms with Crippen LogP contribution in [0.5, 0.6) is 0 Å². The first-order chi connectivity index (χ1) is 15.7. The van der Waals surface area contributed by atoms with E-state index < -0.39 is 0 Å². The molecule has 2 aromatic rings. The van der Waals surface area contributed by atoms with E-state index in [1.807, 2.05) is 36.7 Å². The molecular weight excluding hydrogens is 398 g/mol. The molecule has 1 aromatic carbocycles. The molecule has 0 radical (unpaired) electrons. The fourth-order valence-corrected chi connectivity index (χ4v) is 4.71. The molecule has 6 heteroatoms. The standard InChI is InChI=1S/C26H37N5O/c1-20-11-15-31(16-12-20)14-6-13-27-25(32)22-8-5-7-21(17-22)23-18-28-26(29-19-23)30-24-9-3-2-4-10-24/h5,7-8,17-20,24H,2-4,6,9-16H2,1H3,(H,27,32)(H,28,29,30). The van der Waals surface area contributed by atoms with Gasteiger partial charge in [-0.2, -0.15) is 0 Å². The van der Waals surface area contributed by atoms with Gasteiger partial charge in [0.2, 0.25) is 5.95 Å². The largest absolute Gasteiger partial charge is 0.352 e. The summed E-state index contributed by atoms with van der Waals surface area (Å²) in [6, 6.07) is 8.20. The van der Waals surface area contributed by atoms with Crippen LogP contribution in [0.15, 0.2) is 36.7 Å². The number of carbonyl (C=O) groups excluding carboxylic acids is 1. The molecule has 2 N–H and O–H groups in total. The molecule has 0 bridgehead atoms. The summed E-state index contributed by atoms with van der Waals surface area (Å²) in [6.07, 6.45) is 13.5. The average molecular weight is 436 g/mol. The van der Waals surface area contributed by atoms with E-state index in [1.165, 1.54) is 58.0 Å². The van der Waals surface area contributed by atoms with Crippen molar-refractivity contribution in [1.29, 1.82) is 0 Å². The number of rotatable bonds is 8. The van der Waals surface area contributed by atoms with Gasteiger partial charge in [0.05, 0.1) is 0 Å². The molecule has 1 saturated carbocycles. The van der Waals surface area contributed by atoms with Gasteiger partial charge in [0.25, 0.3) is 5.91 Å². The Labute approximate surface area is 192 Å². The van der Waals surface area contributed by atoms with Crippen LogP contribution in [0.3, 0.4) is 0 Å². The van der Waals surface area contributed by atoms with Gasteiger partial charge >= 0.3 is 0 Å². The van der Waals surface area contributed by atoms with Crippen LogP contribution in [0.2, 0.25) is 0 Å². The van der Waals surface area contributed by atoms with E-state index in [0.29, 0.717) is 24.1 Å². The summed E-state index contributed by atoms with van der Waals surface area (Å²) in [5.74, 6) is 1.53. The van der Waals surface area contributed by atoms with Crippen molar-refractivity contribution in [2.45, 2.75) is 64.3 Å². The van der Waals surface area contributed by atoms with E-state index in [4.69, 9.17) is 0 Å². The molecule has 1 aliphatic heterocycles. The number of nitrogens with one attached hydrogen (secondary N) is 2. The number of carbonyl (C=O) groups is 1. The summed E-state index contributed by atoms with van der Waals surface area (Å²) in [7, 11) is 0. The molecule has 32 heavy (non-hydrogen) atoms. The summed E-state index contributed by atoms with van der Waals surface area (Å²) in [6.45, 7) is 6.48. The minimum Gasteiger partial charge on any atom is -0.352 e. The van der Waals surface area contributed by atoms with Crippen LogP contribution in [-0.4, -0.2) is 53.0 Å². The average Bonchev–Trinajstić information content (AvgIpc) is 2.84. The first-order valence-corrected chi connectivity index (χ1v) is 12.4. The normalized spacial score (nSPS) is 18.4. The van der Waals surface area contributed by atoms with Crippen molar-refractivity contribution in [3.05, 3.63) is 42.2 Å². The molecule has 2 aliphatic rings. The number of likely N-dealkylation sites (tertiary alicyclic amines) is 1. The molecule has 2 heterocycles. The maximum atomic E-state index is 12.6. The van der Waals surface area contributed by atoms with Crippen molar-refractivity contribution in [1.82, 2.24) is 20.2 Å². The van der Waals surface area contributed by atoms with Crippen molar-refractivity contribution in [2.75, 3.05) is 31.5 Å². The van der Waals surface area contributed by atoms with Crippen LogP contribution in [-0.2, 0) is 0 Å². The first-order valence-electron chi connectivity index (χ1n) is 12.4. The minimum atomic E-state index is -0.0179. The number of hydrogen-bond acceptors (Lipinski definition) is 5. The van der Waals surface area contributed by atoms with E-state index in [0.717, 1.165) is 30.0 Å². The third-order valence-electron chi connectivity index (χ3n) is 6.86. The monoisotopic (exact) mass is 435 g/mol. The summed E-state index contributed by atoms with van der Waals surface area (Å²) < 4.78 is 0. The zero-order valence-electron chi connectivity index (χ0n) is 19.4. The third kappa shape index (κ3) is 6.52. The van der Waals surface area contributed by atoms with Crippen LogP contribution >= 0.6 is 0 Å². The van der Waals surface area contributed by atoms with Crippen molar-refractivity contribution < 1.29 is 4.79 Å². The Bertz CT molecular complexity index is 855. The van der Waals surface area contributed by atoms with Crippen molar-refractivity contribution in [2.24, 2.45) is 5.92 Å². The molecule has 1 saturated heterocycles. The molecular formula is C26H37N5O. The molecule has 1 aromatic heterocycles. The maximum absolute atomic E-state index is 12.6. The molecule has 1 amide bonds. The Balaban J connectivity index is 1.26. The Morgan fingerprint density at radius 1 is 1.03 bits per heavy atom. The van der Waals surface area contributed by atoms with Crippen LogP contribution in [0.1, 0.15) is 68.6 Å². The van der Waals surface area contributed by atoms with Gasteiger partial charge in [-0.3, -0.25) is 4.79 Å². The van der Waals surface area contributed by atoms with Crippen LogP contribution in [0.25, 0.3) is 11.1 Å². The molecule has 0 unspecified atom stereocenters. The Morgan fingerprint density at radius 3 is 2.53 bits per heavy atom. The lowest BCUT2D eigenvalue weighted by molar-refractivity contribution is 0.0950. The highest BCUT2D eigenvalue weighted by molar-refractivity contribution is 5.95. The second kappa shape index (κ2) is 11.4. The van der Waals surface area contributed by atoms with Gasteiger partial charge in [-0.15, -0.1) is 0 Å². The van der Waals surface area contributed by atoms with Gasteiger partial charge in [-0.05, 0) is 75.4 Å². The second-order valence-corrected chi connectivity index (χ2v) is 9.49. The van der Waals surface area contributed by atoms with E-state index in [1.54, 1.807) is 0 Å². The minimum absolute atomic E-state index is 0.0179. The molecule has 0 atom stereocenters. The van der Waals surface area contributed by atoms with Gasteiger partial charge < -0.3 is 15.5 Å². The zero-order valence-corrected chi connectivity index (χ0v) is 19.4. The zero-order chi connectivity index (χ0) is 22.2. The second-order valence-electron chi connectivity index (χ2n) is 9.49. The van der Waals surface area contributed by atoms with E-state index in [9.17, 15) is 4.79 Å². The number of aromatic nitrogens is 2. The summed E-state index contributed by atoms with van der Waals surface area (Å²) in [5, 5.41) is 6.53. The molecule has 172 valence electrons. The van der Waals surface area contributed by atoms with E-state index >= 15 is 0 Å². The highest BCUT2D eigenvalue weighted by Gasteiger charge is 2.16. The predicted molar refractivity (Wildman–Crippen MR) is 130 cm³/mol. The summed E-state index contributed by atoms with van der Waals surface area (Å²) in [4.78, 5) is 24.2. The summed E-state index contributed by atoms with van der Waals surface area (Å²) in [5.41, 5.74) is 2.57. The first kappa shape index (κ1) is 22.7. The third-order valence-corrected chi connectivity index (χ3v) is 6.86. The van der Waals surface area contributed by atoms with E-state index in [-0.39, 0.29) is 5.91 Å². The van der Waals surface area contributed by atoms with Crippen molar-refractivity contribution >= 4 is 11.9 Å². The lowest BCUT2D eigenvalue weighted by atomic mass is 9.96. The Morgan fingerprint density at radius 2 is 1.78 bits per heavy atom. The Kier molecular flexibility index (Phi) is 8.10. The van der Waals surface area contributed by atoms with Gasteiger partial charge in [0, 0.05) is 36.1 Å². The molecule has 4 rings (SSSR count). The van der Waals surface area contributed by atoms with Crippen molar-refractivity contribution in [3.8, 4) is 11.1 Å². The van der Waals surface area contributed by atoms with Gasteiger partial charge in [0.1, 0.15) is 0 Å². The number of nitrogens with zero attached hydrogens (tertiary/aromatic N) is 3. The number of amides is 1. The maximum Gasteiger partial charge on any atom is 0.251 e. The van der Waals surface area contributed by atoms with Crippen molar-refractivity contribution in [3.63, 3.8) is 0 Å². The molecule has 2 fully saturated rings. The smallest absolute Gasteiger partial charge is 0.251 e. The van der Waals surface area contributed by atoms with Crippen LogP contribution in [0, 0.1) is 5.92 Å². The van der Waals surface area contributed by atoms with Crippen LogP contribution in [0.4, 0.5) is 5.95 Å². The fourth-order valence-electron chi connectivity index (χ4n) is 4.71. The molecule has 0 spiro atoms. The number of hydrogen-bond donors (Lipinski definition) is 2. The highest BCUT2D eigenvalue weighted by Crippen LogP contribution is 2.22. The lowest BCUT2D eigenvalue weighted by Gasteiger charge is -2.30. The van der Waals surface area contributed by atoms with Gasteiger partial charge in [-0.25, -0.2) is 9.97 Å². The highest BCUT2D eigenvalue weighted by atomic mass is 16.1. The quantitative estimate of drug-likeness (QED) is 0.586. The summed E-state index contributed by atoms with van der Waals surface area (Å²) >= 11 is 0. The van der Waals surface area contributed by atoms with Crippen LogP contribution < -0.4 is 10.6 Å². The SMILES string of the molecule is CC1CCN(CCCNC(=O)c2cccc(-c3cnc(NC4CCCCC4)nc3)c2)CC1. The fraction of sp³-hybridized carbons (Fsp3) is 0.577. The predicted octanol–water partition coefficient (Wildman–Crippen LogP) is 4.74. The van der Waals surface area contributed by atoms with Gasteiger partial charge in [0.15, 0.2) is 0 Å². The van der Waals surface area contributed by atoms with E-state index in [2.05, 4.69) is 32.4 Å². The van der Waals surface area contributed by atoms with Gasteiger partial charge in [-0.1, -0.05) is 38.3 Å². The number of benzene rings is 1. The topological polar surface area (TPSA) is 70.2 Å². The molecule has 1 aliphatic carbocycles. The lowest BCUT2D eigenvalue weighted by Crippen LogP contribution is -2.35.